The van der Waals surface area contributed by atoms with Crippen LogP contribution in [0.1, 0.15) is 10.4 Å². The van der Waals surface area contributed by atoms with E-state index in [4.69, 9.17) is 12.2 Å². The molecule has 1 aliphatic rings. The Morgan fingerprint density at radius 3 is 2.72 bits per heavy atom. The first kappa shape index (κ1) is 13.9. The highest BCUT2D eigenvalue weighted by Crippen LogP contribution is 2.26. The van der Waals surface area contributed by atoms with Gasteiger partial charge in [-0.15, -0.1) is 0 Å². The van der Waals surface area contributed by atoms with E-state index < -0.39 is 0 Å². The monoisotopic (exact) mass is 405 g/mol. The predicted octanol–water partition coefficient (Wildman–Crippen LogP) is 3.43. The Balaban J connectivity index is 2.33. The normalized spacial score (nSPS) is 17.1. The van der Waals surface area contributed by atoms with E-state index in [2.05, 4.69) is 37.2 Å². The number of carbonyl (C=O) groups excluding carboxylic acids is 2. The third-order valence-electron chi connectivity index (χ3n) is 2.10. The lowest BCUT2D eigenvalue weighted by Crippen LogP contribution is -2.18. The number of thioether (sulfide) groups is 1. The highest BCUT2D eigenvalue weighted by Gasteiger charge is 2.23. The van der Waals surface area contributed by atoms with Gasteiger partial charge in [0.25, 0.3) is 5.91 Å². The molecular weight excluding hydrogens is 402 g/mol. The summed E-state index contributed by atoms with van der Waals surface area (Å²) in [6, 6.07) is 5.28. The van der Waals surface area contributed by atoms with Gasteiger partial charge in [-0.05, 0) is 18.2 Å². The summed E-state index contributed by atoms with van der Waals surface area (Å²) in [5, 5.41) is 2.46. The summed E-state index contributed by atoms with van der Waals surface area (Å²) in [6.07, 6.45) is 1.30. The number of hydrogen-bond donors (Lipinski definition) is 1. The molecule has 1 amide bonds. The first-order valence-corrected chi connectivity index (χ1v) is 7.52. The average molecular weight is 407 g/mol. The molecule has 0 radical (unpaired) electrons. The Morgan fingerprint density at radius 1 is 1.39 bits per heavy atom. The van der Waals surface area contributed by atoms with Gasteiger partial charge in [0.05, 0.1) is 4.91 Å². The van der Waals surface area contributed by atoms with Crippen molar-refractivity contribution in [3.8, 4) is 0 Å². The van der Waals surface area contributed by atoms with E-state index in [9.17, 15) is 9.59 Å². The van der Waals surface area contributed by atoms with Crippen LogP contribution in [0.2, 0.25) is 0 Å². The number of nitrogens with one attached hydrogen (secondary N) is 1. The summed E-state index contributed by atoms with van der Waals surface area (Å²) in [7, 11) is 0. The second-order valence-electron chi connectivity index (χ2n) is 3.34. The van der Waals surface area contributed by atoms with Crippen LogP contribution >= 0.6 is 55.8 Å². The number of ketones is 1. The molecule has 0 aliphatic carbocycles. The zero-order valence-electron chi connectivity index (χ0n) is 8.70. The summed E-state index contributed by atoms with van der Waals surface area (Å²) < 4.78 is 1.84. The van der Waals surface area contributed by atoms with Gasteiger partial charge < -0.3 is 5.32 Å². The number of rotatable bonds is 2. The molecule has 1 N–H and O–H groups in total. The predicted molar refractivity (Wildman–Crippen MR) is 82.6 cm³/mol. The number of hydrogen-bond acceptors (Lipinski definition) is 4. The zero-order chi connectivity index (χ0) is 13.3. The smallest absolute Gasteiger partial charge is 0.263 e. The number of benzene rings is 1. The van der Waals surface area contributed by atoms with Gasteiger partial charge in [0.2, 0.25) is 0 Å². The minimum absolute atomic E-state index is 0.245. The fourth-order valence-corrected chi connectivity index (χ4v) is 3.12. The Bertz CT molecular complexity index is 599. The summed E-state index contributed by atoms with van der Waals surface area (Å²) in [5.74, 6) is -0.574. The largest absolute Gasteiger partial charge is 0.307 e. The lowest BCUT2D eigenvalue weighted by molar-refractivity contribution is -0.115. The second-order valence-corrected chi connectivity index (χ2v) is 6.83. The third-order valence-corrected chi connectivity index (χ3v) is 4.45. The van der Waals surface area contributed by atoms with E-state index >= 15 is 0 Å². The molecule has 1 fully saturated rings. The van der Waals surface area contributed by atoms with E-state index in [0.717, 1.165) is 16.2 Å². The highest BCUT2D eigenvalue weighted by molar-refractivity contribution is 9.11. The topological polar surface area (TPSA) is 46.2 Å². The molecule has 0 aromatic heterocycles. The Morgan fingerprint density at radius 2 is 2.11 bits per heavy atom. The van der Waals surface area contributed by atoms with E-state index in [-0.39, 0.29) is 11.7 Å². The van der Waals surface area contributed by atoms with Gasteiger partial charge >= 0.3 is 0 Å². The van der Waals surface area contributed by atoms with E-state index in [1.807, 2.05) is 6.07 Å². The van der Waals surface area contributed by atoms with Crippen LogP contribution in [0.25, 0.3) is 0 Å². The molecule has 0 saturated carbocycles. The van der Waals surface area contributed by atoms with Crippen LogP contribution in [0.4, 0.5) is 0 Å². The third kappa shape index (κ3) is 3.09. The van der Waals surface area contributed by atoms with E-state index in [1.54, 1.807) is 12.1 Å². The van der Waals surface area contributed by atoms with Gasteiger partial charge in [-0.3, -0.25) is 9.59 Å². The molecule has 0 unspecified atom stereocenters. The van der Waals surface area contributed by atoms with Crippen LogP contribution in [-0.4, -0.2) is 16.0 Å². The molecule has 0 bridgehead atoms. The average Bonchev–Trinajstić information content (AvgIpc) is 2.61. The number of allylic oxidation sites excluding steroid dienone is 1. The molecule has 1 aromatic carbocycles. The van der Waals surface area contributed by atoms with Crippen molar-refractivity contribution < 1.29 is 9.59 Å². The van der Waals surface area contributed by atoms with Gasteiger partial charge in [0.1, 0.15) is 4.32 Å². The molecule has 7 heteroatoms. The van der Waals surface area contributed by atoms with Crippen LogP contribution < -0.4 is 5.32 Å². The molecule has 1 aromatic rings. The first-order chi connectivity index (χ1) is 8.47. The summed E-state index contributed by atoms with van der Waals surface area (Å²) in [5.41, 5.74) is 0.489. The quantitative estimate of drug-likeness (QED) is 0.464. The SMILES string of the molecule is O=C1NC(=S)S/C1=C/C(=O)c1cc(Br)ccc1Br. The van der Waals surface area contributed by atoms with Crippen molar-refractivity contribution in [1.82, 2.24) is 5.32 Å². The van der Waals surface area contributed by atoms with Gasteiger partial charge in [-0.2, -0.15) is 0 Å². The molecule has 2 rings (SSSR count). The number of carbonyl (C=O) groups is 2. The maximum absolute atomic E-state index is 12.1. The molecule has 1 saturated heterocycles. The van der Waals surface area contributed by atoms with Crippen LogP contribution in [0.3, 0.4) is 0 Å². The summed E-state index contributed by atoms with van der Waals surface area (Å²) in [4.78, 5) is 23.8. The summed E-state index contributed by atoms with van der Waals surface area (Å²) >= 11 is 12.5. The molecule has 1 aliphatic heterocycles. The Labute approximate surface area is 130 Å². The molecule has 18 heavy (non-hydrogen) atoms. The number of thiocarbonyl (C=S) groups is 1. The fourth-order valence-electron chi connectivity index (χ4n) is 1.30. The van der Waals surface area contributed by atoms with Crippen molar-refractivity contribution in [2.24, 2.45) is 0 Å². The van der Waals surface area contributed by atoms with Crippen molar-refractivity contribution in [3.63, 3.8) is 0 Å². The van der Waals surface area contributed by atoms with Crippen LogP contribution in [-0.2, 0) is 4.79 Å². The maximum Gasteiger partial charge on any atom is 0.263 e. The zero-order valence-corrected chi connectivity index (χ0v) is 13.5. The fraction of sp³-hybridized carbons (Fsp3) is 0. The van der Waals surface area contributed by atoms with Gasteiger partial charge in [-0.25, -0.2) is 0 Å². The maximum atomic E-state index is 12.1. The second kappa shape index (κ2) is 5.64. The van der Waals surface area contributed by atoms with Crippen LogP contribution in [0.5, 0.6) is 0 Å². The van der Waals surface area contributed by atoms with Crippen molar-refractivity contribution in [2.45, 2.75) is 0 Å². The molecule has 3 nitrogen and oxygen atoms in total. The minimum atomic E-state index is -0.329. The molecule has 0 spiro atoms. The summed E-state index contributed by atoms with van der Waals surface area (Å²) in [6.45, 7) is 0. The van der Waals surface area contributed by atoms with Crippen LogP contribution in [0, 0.1) is 0 Å². The standard InChI is InChI=1S/C11H5Br2NO2S2/c12-5-1-2-7(13)6(3-5)8(15)4-9-10(16)14-11(17)18-9/h1-4H,(H,14,16,17)/b9-4+. The van der Waals surface area contributed by atoms with Crippen LogP contribution in [0.15, 0.2) is 38.1 Å². The molecule has 0 atom stereocenters. The van der Waals surface area contributed by atoms with E-state index in [1.165, 1.54) is 6.08 Å². The number of halogens is 2. The Kier molecular flexibility index (Phi) is 4.37. The lowest BCUT2D eigenvalue weighted by atomic mass is 10.1. The van der Waals surface area contributed by atoms with Crippen molar-refractivity contribution >= 4 is 71.9 Å². The van der Waals surface area contributed by atoms with Crippen molar-refractivity contribution in [1.29, 1.82) is 0 Å². The Hall–Kier alpha value is -0.500. The minimum Gasteiger partial charge on any atom is -0.307 e. The first-order valence-electron chi connectivity index (χ1n) is 4.71. The lowest BCUT2D eigenvalue weighted by Gasteiger charge is -2.01. The number of amides is 1. The van der Waals surface area contributed by atoms with Gasteiger partial charge in [0, 0.05) is 20.6 Å². The van der Waals surface area contributed by atoms with Crippen molar-refractivity contribution in [3.05, 3.63) is 43.7 Å². The van der Waals surface area contributed by atoms with Crippen molar-refractivity contribution in [2.75, 3.05) is 0 Å². The molecular formula is C11H5Br2NO2S2. The molecule has 92 valence electrons. The van der Waals surface area contributed by atoms with Gasteiger partial charge in [0.15, 0.2) is 5.78 Å². The van der Waals surface area contributed by atoms with E-state index in [0.29, 0.717) is 19.3 Å². The molecule has 1 heterocycles. The van der Waals surface area contributed by atoms with Gasteiger partial charge in [-0.1, -0.05) is 55.8 Å². The highest BCUT2D eigenvalue weighted by atomic mass is 79.9.